The Hall–Kier alpha value is -3.81. The number of benzene rings is 3. The minimum Gasteiger partial charge on any atom is -0.355 e. The van der Waals surface area contributed by atoms with Crippen molar-refractivity contribution >= 4 is 28.6 Å². The highest BCUT2D eigenvalue weighted by Crippen LogP contribution is 2.35. The molecule has 0 saturated carbocycles. The van der Waals surface area contributed by atoms with Crippen LogP contribution in [0.4, 0.5) is 10.2 Å². The third-order valence-corrected chi connectivity index (χ3v) is 7.46. The van der Waals surface area contributed by atoms with Gasteiger partial charge < -0.3 is 10.2 Å². The SMILES string of the molecule is Cc1ccc(-n2c(-c3ccccc3Cl)nc3c(N4CCC(NCc5ccc(F)cc5)CC4)ncnc32)cc1. The van der Waals surface area contributed by atoms with E-state index in [0.717, 1.165) is 72.1 Å². The van der Waals surface area contributed by atoms with Crippen LogP contribution in [0.25, 0.3) is 28.2 Å². The molecule has 1 N–H and O–H groups in total. The van der Waals surface area contributed by atoms with Crippen molar-refractivity contribution in [3.05, 3.63) is 101 Å². The van der Waals surface area contributed by atoms with Gasteiger partial charge in [0.25, 0.3) is 0 Å². The number of nitrogens with zero attached hydrogens (tertiary/aromatic N) is 5. The van der Waals surface area contributed by atoms with Gasteiger partial charge in [0.2, 0.25) is 0 Å². The van der Waals surface area contributed by atoms with Gasteiger partial charge in [-0.3, -0.25) is 4.57 Å². The number of aromatic nitrogens is 4. The van der Waals surface area contributed by atoms with Crippen molar-refractivity contribution in [2.75, 3.05) is 18.0 Å². The Morgan fingerprint density at radius 3 is 2.42 bits per heavy atom. The average Bonchev–Trinajstić information content (AvgIpc) is 3.33. The molecule has 0 aliphatic carbocycles. The topological polar surface area (TPSA) is 58.9 Å². The lowest BCUT2D eigenvalue weighted by atomic mass is 10.0. The molecule has 2 aromatic heterocycles. The Morgan fingerprint density at radius 2 is 1.68 bits per heavy atom. The second-order valence-corrected chi connectivity index (χ2v) is 10.1. The van der Waals surface area contributed by atoms with E-state index in [1.807, 2.05) is 36.4 Å². The first-order valence-electron chi connectivity index (χ1n) is 12.8. The molecule has 1 aliphatic heterocycles. The number of anilines is 1. The zero-order valence-corrected chi connectivity index (χ0v) is 21.9. The first-order valence-corrected chi connectivity index (χ1v) is 13.2. The molecule has 0 bridgehead atoms. The van der Waals surface area contributed by atoms with Gasteiger partial charge in [0.1, 0.15) is 18.0 Å². The number of fused-ring (bicyclic) bond motifs is 1. The zero-order valence-electron chi connectivity index (χ0n) is 21.1. The second-order valence-electron chi connectivity index (χ2n) is 9.72. The van der Waals surface area contributed by atoms with E-state index in [-0.39, 0.29) is 5.82 Å². The molecule has 0 spiro atoms. The maximum Gasteiger partial charge on any atom is 0.170 e. The van der Waals surface area contributed by atoms with Crippen LogP contribution in [0, 0.1) is 12.7 Å². The minimum atomic E-state index is -0.208. The number of hydrogen-bond donors (Lipinski definition) is 1. The van der Waals surface area contributed by atoms with Gasteiger partial charge in [-0.1, -0.05) is 53.6 Å². The lowest BCUT2D eigenvalue weighted by Gasteiger charge is -2.33. The lowest BCUT2D eigenvalue weighted by molar-refractivity contribution is 0.413. The molecule has 38 heavy (non-hydrogen) atoms. The van der Waals surface area contributed by atoms with E-state index in [4.69, 9.17) is 16.6 Å². The number of imidazole rings is 1. The molecule has 1 saturated heterocycles. The van der Waals surface area contributed by atoms with Crippen molar-refractivity contribution in [2.24, 2.45) is 0 Å². The van der Waals surface area contributed by atoms with E-state index in [2.05, 4.69) is 55.9 Å². The van der Waals surface area contributed by atoms with Crippen LogP contribution in [0.1, 0.15) is 24.0 Å². The fourth-order valence-corrected chi connectivity index (χ4v) is 5.25. The summed E-state index contributed by atoms with van der Waals surface area (Å²) >= 11 is 6.63. The Labute approximate surface area is 226 Å². The molecule has 0 amide bonds. The van der Waals surface area contributed by atoms with Gasteiger partial charge in [-0.05, 0) is 61.7 Å². The number of rotatable bonds is 6. The highest BCUT2D eigenvalue weighted by Gasteiger charge is 2.25. The molecule has 5 aromatic rings. The standard InChI is InChI=1S/C30H28ClFN6/c1-20-6-12-24(13-7-20)38-28(25-4-2-3-5-26(25)31)36-27-29(34-19-35-30(27)38)37-16-14-23(15-17-37)33-18-21-8-10-22(32)11-9-21/h2-13,19,23,33H,14-18H2,1H3. The quantitative estimate of drug-likeness (QED) is 0.280. The molecule has 1 aliphatic rings. The van der Waals surface area contributed by atoms with Gasteiger partial charge in [0, 0.05) is 36.9 Å². The predicted octanol–water partition coefficient (Wildman–Crippen LogP) is 6.34. The number of hydrogen-bond acceptors (Lipinski definition) is 5. The highest BCUT2D eigenvalue weighted by atomic mass is 35.5. The lowest BCUT2D eigenvalue weighted by Crippen LogP contribution is -2.42. The van der Waals surface area contributed by atoms with E-state index in [1.54, 1.807) is 6.33 Å². The summed E-state index contributed by atoms with van der Waals surface area (Å²) in [5.41, 5.74) is 5.61. The van der Waals surface area contributed by atoms with E-state index >= 15 is 0 Å². The van der Waals surface area contributed by atoms with Gasteiger partial charge >= 0.3 is 0 Å². The Morgan fingerprint density at radius 1 is 0.947 bits per heavy atom. The number of nitrogens with one attached hydrogen (secondary N) is 1. The van der Waals surface area contributed by atoms with Crippen molar-refractivity contribution in [3.63, 3.8) is 0 Å². The fraction of sp³-hybridized carbons (Fsp3) is 0.233. The van der Waals surface area contributed by atoms with E-state index < -0.39 is 0 Å². The Balaban J connectivity index is 1.30. The maximum atomic E-state index is 13.2. The monoisotopic (exact) mass is 526 g/mol. The smallest absolute Gasteiger partial charge is 0.170 e. The van der Waals surface area contributed by atoms with Crippen LogP contribution in [-0.4, -0.2) is 38.7 Å². The molecular weight excluding hydrogens is 499 g/mol. The van der Waals surface area contributed by atoms with Gasteiger partial charge in [0.15, 0.2) is 17.0 Å². The summed E-state index contributed by atoms with van der Waals surface area (Å²) in [6.45, 7) is 4.51. The van der Waals surface area contributed by atoms with Gasteiger partial charge in [-0.2, -0.15) is 0 Å². The summed E-state index contributed by atoms with van der Waals surface area (Å²) in [6.07, 6.45) is 3.57. The molecule has 1 fully saturated rings. The van der Waals surface area contributed by atoms with Crippen LogP contribution in [0.5, 0.6) is 0 Å². The molecule has 3 aromatic carbocycles. The molecule has 6 rings (SSSR count). The van der Waals surface area contributed by atoms with Crippen molar-refractivity contribution in [1.29, 1.82) is 0 Å². The van der Waals surface area contributed by atoms with E-state index in [9.17, 15) is 4.39 Å². The maximum absolute atomic E-state index is 13.2. The van der Waals surface area contributed by atoms with Crippen molar-refractivity contribution in [2.45, 2.75) is 32.4 Å². The average molecular weight is 527 g/mol. The number of halogens is 2. The molecule has 3 heterocycles. The summed E-state index contributed by atoms with van der Waals surface area (Å²) in [6, 6.07) is 23.1. The summed E-state index contributed by atoms with van der Waals surface area (Å²) < 4.78 is 15.3. The summed E-state index contributed by atoms with van der Waals surface area (Å²) in [7, 11) is 0. The summed E-state index contributed by atoms with van der Waals surface area (Å²) in [5.74, 6) is 1.37. The van der Waals surface area contributed by atoms with Gasteiger partial charge in [-0.25, -0.2) is 19.3 Å². The molecule has 0 atom stereocenters. The fourth-order valence-electron chi connectivity index (χ4n) is 5.03. The molecule has 8 heteroatoms. The van der Waals surface area contributed by atoms with Crippen LogP contribution in [0.2, 0.25) is 5.02 Å². The van der Waals surface area contributed by atoms with Crippen LogP contribution in [-0.2, 0) is 6.54 Å². The van der Waals surface area contributed by atoms with E-state index in [1.165, 1.54) is 17.7 Å². The summed E-state index contributed by atoms with van der Waals surface area (Å²) in [4.78, 5) is 16.7. The molecule has 0 unspecified atom stereocenters. The Bertz CT molecular complexity index is 1560. The molecule has 192 valence electrons. The molecule has 0 radical (unpaired) electrons. The largest absolute Gasteiger partial charge is 0.355 e. The second kappa shape index (κ2) is 10.5. The Kier molecular flexibility index (Phi) is 6.79. The third-order valence-electron chi connectivity index (χ3n) is 7.13. The highest BCUT2D eigenvalue weighted by molar-refractivity contribution is 6.33. The van der Waals surface area contributed by atoms with Crippen LogP contribution in [0.3, 0.4) is 0 Å². The zero-order chi connectivity index (χ0) is 26.1. The first kappa shape index (κ1) is 24.5. The van der Waals surface area contributed by atoms with Crippen molar-refractivity contribution in [1.82, 2.24) is 24.8 Å². The van der Waals surface area contributed by atoms with Crippen molar-refractivity contribution < 1.29 is 4.39 Å². The molecular formula is C30H28ClFN6. The summed E-state index contributed by atoms with van der Waals surface area (Å²) in [5, 5.41) is 4.25. The van der Waals surface area contributed by atoms with E-state index in [0.29, 0.717) is 11.1 Å². The van der Waals surface area contributed by atoms with Gasteiger partial charge in [-0.15, -0.1) is 0 Å². The first-order chi connectivity index (χ1) is 18.6. The minimum absolute atomic E-state index is 0.208. The van der Waals surface area contributed by atoms with Crippen LogP contribution >= 0.6 is 11.6 Å². The van der Waals surface area contributed by atoms with Crippen LogP contribution < -0.4 is 10.2 Å². The predicted molar refractivity (Wildman–Crippen MR) is 150 cm³/mol. The third kappa shape index (κ3) is 4.87. The number of piperidine rings is 1. The van der Waals surface area contributed by atoms with Gasteiger partial charge in [0.05, 0.1) is 5.02 Å². The van der Waals surface area contributed by atoms with Crippen LogP contribution in [0.15, 0.2) is 79.1 Å². The number of aryl methyl sites for hydroxylation is 1. The molecule has 6 nitrogen and oxygen atoms in total. The van der Waals surface area contributed by atoms with Crippen molar-refractivity contribution in [3.8, 4) is 17.1 Å². The normalized spacial score (nSPS) is 14.3.